The van der Waals surface area contributed by atoms with Crippen molar-refractivity contribution in [3.63, 3.8) is 0 Å². The van der Waals surface area contributed by atoms with Gasteiger partial charge in [-0.2, -0.15) is 0 Å². The zero-order valence-corrected chi connectivity index (χ0v) is 10.5. The molecule has 0 heterocycles. The second-order valence-electron chi connectivity index (χ2n) is 4.15. The number of carbonyl (C=O) groups is 1. The van der Waals surface area contributed by atoms with E-state index in [4.69, 9.17) is 9.84 Å². The number of carboxylic acid groups (broad SMARTS) is 1. The monoisotopic (exact) mass is 258 g/mol. The first-order chi connectivity index (χ1) is 9.11. The molecule has 0 unspecified atom stereocenters. The number of benzene rings is 2. The van der Waals surface area contributed by atoms with Gasteiger partial charge in [-0.25, -0.2) is 4.79 Å². The summed E-state index contributed by atoms with van der Waals surface area (Å²) >= 11 is 0. The fourth-order valence-electron chi connectivity index (χ4n) is 1.80. The second-order valence-corrected chi connectivity index (χ2v) is 4.15. The molecule has 98 valence electrons. The predicted molar refractivity (Wildman–Crippen MR) is 70.6 cm³/mol. The lowest BCUT2D eigenvalue weighted by molar-refractivity contribution is 0.0696. The zero-order chi connectivity index (χ0) is 13.8. The van der Waals surface area contributed by atoms with E-state index < -0.39 is 5.97 Å². The Balaban J connectivity index is 2.29. The molecule has 0 saturated heterocycles. The number of carboxylic acids is 1. The van der Waals surface area contributed by atoms with Gasteiger partial charge in [-0.1, -0.05) is 18.2 Å². The Morgan fingerprint density at radius 1 is 1.21 bits per heavy atom. The van der Waals surface area contributed by atoms with E-state index in [9.17, 15) is 9.90 Å². The standard InChI is InChI=1S/C15H14O4/c1-10-8-12(6-7-13(10)15(17)18)19-14-5-3-2-4-11(14)9-16/h2-8,16H,9H2,1H3,(H,17,18). The van der Waals surface area contributed by atoms with Crippen LogP contribution in [0.3, 0.4) is 0 Å². The molecule has 0 bridgehead atoms. The van der Waals surface area contributed by atoms with Gasteiger partial charge in [0.2, 0.25) is 0 Å². The summed E-state index contributed by atoms with van der Waals surface area (Å²) in [6.07, 6.45) is 0. The number of para-hydroxylation sites is 1. The second kappa shape index (κ2) is 5.54. The smallest absolute Gasteiger partial charge is 0.335 e. The number of hydrogen-bond acceptors (Lipinski definition) is 3. The normalized spacial score (nSPS) is 10.2. The number of aliphatic hydroxyl groups is 1. The quantitative estimate of drug-likeness (QED) is 0.884. The molecule has 0 aliphatic rings. The molecule has 4 heteroatoms. The minimum absolute atomic E-state index is 0.109. The van der Waals surface area contributed by atoms with Crippen molar-refractivity contribution in [2.45, 2.75) is 13.5 Å². The summed E-state index contributed by atoms with van der Waals surface area (Å²) in [5.74, 6) is 0.149. The van der Waals surface area contributed by atoms with Crippen LogP contribution < -0.4 is 4.74 Å². The van der Waals surface area contributed by atoms with Crippen molar-refractivity contribution in [2.75, 3.05) is 0 Å². The van der Waals surface area contributed by atoms with Crippen LogP contribution in [0.4, 0.5) is 0 Å². The lowest BCUT2D eigenvalue weighted by Gasteiger charge is -2.10. The zero-order valence-electron chi connectivity index (χ0n) is 10.5. The van der Waals surface area contributed by atoms with Crippen LogP contribution in [0.25, 0.3) is 0 Å². The lowest BCUT2D eigenvalue weighted by atomic mass is 10.1. The summed E-state index contributed by atoms with van der Waals surface area (Å²) in [5, 5.41) is 18.2. The fourth-order valence-corrected chi connectivity index (χ4v) is 1.80. The van der Waals surface area contributed by atoms with Crippen LogP contribution in [0.15, 0.2) is 42.5 Å². The van der Waals surface area contributed by atoms with Gasteiger partial charge in [0.15, 0.2) is 0 Å². The van der Waals surface area contributed by atoms with E-state index in [0.717, 1.165) is 0 Å². The van der Waals surface area contributed by atoms with Crippen molar-refractivity contribution in [1.82, 2.24) is 0 Å². The van der Waals surface area contributed by atoms with Gasteiger partial charge in [-0.15, -0.1) is 0 Å². The molecule has 0 aliphatic carbocycles. The SMILES string of the molecule is Cc1cc(Oc2ccccc2CO)ccc1C(=O)O. The third-order valence-electron chi connectivity index (χ3n) is 2.80. The molecular weight excluding hydrogens is 244 g/mol. The number of rotatable bonds is 4. The molecule has 2 rings (SSSR count). The summed E-state index contributed by atoms with van der Waals surface area (Å²) in [6, 6.07) is 11.9. The number of aromatic carboxylic acids is 1. The van der Waals surface area contributed by atoms with Gasteiger partial charge in [0, 0.05) is 5.56 Å². The Hall–Kier alpha value is -2.33. The van der Waals surface area contributed by atoms with E-state index in [-0.39, 0.29) is 12.2 Å². The van der Waals surface area contributed by atoms with Crippen LogP contribution in [-0.4, -0.2) is 16.2 Å². The molecule has 0 aliphatic heterocycles. The summed E-state index contributed by atoms with van der Waals surface area (Å²) < 4.78 is 5.66. The van der Waals surface area contributed by atoms with Gasteiger partial charge in [0.05, 0.1) is 12.2 Å². The maximum absolute atomic E-state index is 10.9. The first kappa shape index (κ1) is 13.1. The third kappa shape index (κ3) is 2.92. The van der Waals surface area contributed by atoms with E-state index in [2.05, 4.69) is 0 Å². The minimum Gasteiger partial charge on any atom is -0.478 e. The Bertz CT molecular complexity index is 605. The average molecular weight is 258 g/mol. The van der Waals surface area contributed by atoms with Crippen molar-refractivity contribution in [3.05, 3.63) is 59.2 Å². The van der Waals surface area contributed by atoms with Gasteiger partial charge in [-0.3, -0.25) is 0 Å². The van der Waals surface area contributed by atoms with E-state index >= 15 is 0 Å². The van der Waals surface area contributed by atoms with Crippen LogP contribution in [0.1, 0.15) is 21.5 Å². The van der Waals surface area contributed by atoms with Gasteiger partial charge < -0.3 is 14.9 Å². The Morgan fingerprint density at radius 3 is 2.58 bits per heavy atom. The number of aryl methyl sites for hydroxylation is 1. The summed E-state index contributed by atoms with van der Waals surface area (Å²) in [7, 11) is 0. The molecule has 2 aromatic carbocycles. The molecule has 2 N–H and O–H groups in total. The van der Waals surface area contributed by atoms with Gasteiger partial charge >= 0.3 is 5.97 Å². The first-order valence-corrected chi connectivity index (χ1v) is 5.82. The van der Waals surface area contributed by atoms with Gasteiger partial charge in [-0.05, 0) is 36.8 Å². The highest BCUT2D eigenvalue weighted by Crippen LogP contribution is 2.26. The Kier molecular flexibility index (Phi) is 3.82. The molecule has 0 saturated carbocycles. The average Bonchev–Trinajstić information content (AvgIpc) is 2.39. The fraction of sp³-hybridized carbons (Fsp3) is 0.133. The lowest BCUT2D eigenvalue weighted by Crippen LogP contribution is -1.99. The Morgan fingerprint density at radius 2 is 1.95 bits per heavy atom. The van der Waals surface area contributed by atoms with Crippen molar-refractivity contribution < 1.29 is 19.7 Å². The molecule has 0 atom stereocenters. The largest absolute Gasteiger partial charge is 0.478 e. The summed E-state index contributed by atoms with van der Waals surface area (Å²) in [4.78, 5) is 10.9. The highest BCUT2D eigenvalue weighted by Gasteiger charge is 2.09. The molecule has 19 heavy (non-hydrogen) atoms. The molecule has 0 aromatic heterocycles. The van der Waals surface area contributed by atoms with E-state index in [1.54, 1.807) is 31.2 Å². The molecule has 0 amide bonds. The maximum Gasteiger partial charge on any atom is 0.335 e. The molecule has 4 nitrogen and oxygen atoms in total. The van der Waals surface area contributed by atoms with Crippen LogP contribution in [0.2, 0.25) is 0 Å². The maximum atomic E-state index is 10.9. The van der Waals surface area contributed by atoms with Crippen molar-refractivity contribution in [3.8, 4) is 11.5 Å². The van der Waals surface area contributed by atoms with Crippen LogP contribution in [0, 0.1) is 6.92 Å². The van der Waals surface area contributed by atoms with Gasteiger partial charge in [0.1, 0.15) is 11.5 Å². The summed E-state index contributed by atoms with van der Waals surface area (Å²) in [6.45, 7) is 1.61. The molecule has 0 radical (unpaired) electrons. The van der Waals surface area contributed by atoms with Crippen molar-refractivity contribution >= 4 is 5.97 Å². The third-order valence-corrected chi connectivity index (χ3v) is 2.80. The van der Waals surface area contributed by atoms with E-state index in [1.807, 2.05) is 12.1 Å². The van der Waals surface area contributed by atoms with Crippen LogP contribution >= 0.6 is 0 Å². The molecule has 2 aromatic rings. The molecule has 0 spiro atoms. The number of ether oxygens (including phenoxy) is 1. The topological polar surface area (TPSA) is 66.8 Å². The molecule has 0 fully saturated rings. The van der Waals surface area contributed by atoms with Crippen LogP contribution in [-0.2, 0) is 6.61 Å². The van der Waals surface area contributed by atoms with Crippen molar-refractivity contribution in [2.24, 2.45) is 0 Å². The molecular formula is C15H14O4. The number of hydrogen-bond donors (Lipinski definition) is 2. The highest BCUT2D eigenvalue weighted by molar-refractivity contribution is 5.89. The van der Waals surface area contributed by atoms with Crippen molar-refractivity contribution in [1.29, 1.82) is 0 Å². The van der Waals surface area contributed by atoms with Gasteiger partial charge in [0.25, 0.3) is 0 Å². The number of aliphatic hydroxyl groups excluding tert-OH is 1. The minimum atomic E-state index is -0.959. The van der Waals surface area contributed by atoms with Crippen LogP contribution in [0.5, 0.6) is 11.5 Å². The Labute approximate surface area is 110 Å². The predicted octanol–water partition coefficient (Wildman–Crippen LogP) is 2.98. The highest BCUT2D eigenvalue weighted by atomic mass is 16.5. The first-order valence-electron chi connectivity index (χ1n) is 5.82. The summed E-state index contributed by atoms with van der Waals surface area (Å²) in [5.41, 5.74) is 1.57. The van der Waals surface area contributed by atoms with E-state index in [0.29, 0.717) is 22.6 Å². The van der Waals surface area contributed by atoms with E-state index in [1.165, 1.54) is 6.07 Å².